The summed E-state index contributed by atoms with van der Waals surface area (Å²) in [4.78, 5) is 30.7. The molecule has 41 heavy (non-hydrogen) atoms. The van der Waals surface area contributed by atoms with Gasteiger partial charge in [0.05, 0.1) is 13.7 Å². The van der Waals surface area contributed by atoms with Crippen molar-refractivity contribution < 1.29 is 28.5 Å². The molecule has 1 saturated heterocycles. The van der Waals surface area contributed by atoms with Gasteiger partial charge in [0.1, 0.15) is 6.61 Å². The van der Waals surface area contributed by atoms with Gasteiger partial charge in [-0.25, -0.2) is 4.79 Å². The van der Waals surface area contributed by atoms with Gasteiger partial charge >= 0.3 is 6.09 Å². The summed E-state index contributed by atoms with van der Waals surface area (Å²) < 4.78 is 22.2. The lowest BCUT2D eigenvalue weighted by molar-refractivity contribution is 0.0627. The Balaban J connectivity index is 1.40. The van der Waals surface area contributed by atoms with E-state index in [1.807, 2.05) is 54.0 Å². The number of carbonyl (C=O) groups excluding carboxylic acids is 2. The second-order valence-electron chi connectivity index (χ2n) is 11.2. The van der Waals surface area contributed by atoms with Crippen molar-refractivity contribution in [1.82, 2.24) is 15.1 Å². The fourth-order valence-corrected chi connectivity index (χ4v) is 5.28. The van der Waals surface area contributed by atoms with Gasteiger partial charge in [0, 0.05) is 64.0 Å². The Kier molecular flexibility index (Phi) is 11.3. The molecule has 1 aliphatic carbocycles. The molecule has 1 N–H and O–H groups in total. The molecule has 0 radical (unpaired) electrons. The Morgan fingerprint density at radius 2 is 1.68 bits per heavy atom. The van der Waals surface area contributed by atoms with E-state index in [9.17, 15) is 9.59 Å². The highest BCUT2D eigenvalue weighted by Crippen LogP contribution is 2.32. The summed E-state index contributed by atoms with van der Waals surface area (Å²) in [6, 6.07) is 15.4. The monoisotopic (exact) mass is 567 g/mol. The van der Waals surface area contributed by atoms with Crippen LogP contribution in [0.25, 0.3) is 0 Å². The first-order valence-corrected chi connectivity index (χ1v) is 14.7. The summed E-state index contributed by atoms with van der Waals surface area (Å²) in [5.41, 5.74) is 1.54. The minimum Gasteiger partial charge on any atom is -0.493 e. The molecule has 2 aromatic carbocycles. The van der Waals surface area contributed by atoms with Gasteiger partial charge in [0.15, 0.2) is 11.5 Å². The van der Waals surface area contributed by atoms with Crippen LogP contribution in [-0.4, -0.2) is 87.5 Å². The quantitative estimate of drug-likeness (QED) is 0.315. The molecule has 0 bridgehead atoms. The number of nitrogens with zero attached hydrogens (tertiary/aromatic N) is 2. The van der Waals surface area contributed by atoms with Gasteiger partial charge in [-0.15, -0.1) is 0 Å². The molecule has 224 valence electrons. The number of hydrogen-bond acceptors (Lipinski definition) is 7. The van der Waals surface area contributed by atoms with Crippen molar-refractivity contribution in [3.63, 3.8) is 0 Å². The molecule has 4 rings (SSSR count). The van der Waals surface area contributed by atoms with Gasteiger partial charge in [-0.2, -0.15) is 0 Å². The first kappa shape index (κ1) is 30.7. The molecule has 1 heterocycles. The maximum absolute atomic E-state index is 13.8. The van der Waals surface area contributed by atoms with E-state index in [1.54, 1.807) is 32.4 Å². The highest BCUT2D eigenvalue weighted by Gasteiger charge is 2.39. The standard InChI is InChI=1S/C32H45N3O6/c1-23(2)34(31(36)25-11-14-29(39-4)30(17-25)40-16-8-15-38-3)20-26-18-33-19-27(26)21-35(28-12-13-28)32(37)41-22-24-9-6-5-7-10-24/h5-7,9-11,14,17,23,26-28,33H,8,12-13,15-16,18-22H2,1-4H3/t26-,27-/m0/s1. The smallest absolute Gasteiger partial charge is 0.410 e. The summed E-state index contributed by atoms with van der Waals surface area (Å²) in [5, 5.41) is 3.50. The van der Waals surface area contributed by atoms with Gasteiger partial charge in [0.2, 0.25) is 0 Å². The molecule has 2 aliphatic rings. The van der Waals surface area contributed by atoms with Crippen molar-refractivity contribution in [2.45, 2.75) is 51.8 Å². The Morgan fingerprint density at radius 3 is 2.34 bits per heavy atom. The van der Waals surface area contributed by atoms with Crippen LogP contribution in [0.4, 0.5) is 4.79 Å². The Morgan fingerprint density at radius 1 is 0.951 bits per heavy atom. The van der Waals surface area contributed by atoms with Gasteiger partial charge in [-0.05, 0) is 62.3 Å². The van der Waals surface area contributed by atoms with Crippen LogP contribution < -0.4 is 14.8 Å². The van der Waals surface area contributed by atoms with Crippen molar-refractivity contribution in [1.29, 1.82) is 0 Å². The summed E-state index contributed by atoms with van der Waals surface area (Å²) in [7, 11) is 3.25. The summed E-state index contributed by atoms with van der Waals surface area (Å²) in [5.74, 6) is 1.54. The first-order chi connectivity index (χ1) is 19.9. The maximum atomic E-state index is 13.8. The third-order valence-electron chi connectivity index (χ3n) is 7.81. The number of ether oxygens (including phenoxy) is 4. The predicted molar refractivity (Wildman–Crippen MR) is 157 cm³/mol. The van der Waals surface area contributed by atoms with Crippen molar-refractivity contribution in [3.8, 4) is 11.5 Å². The molecule has 0 aromatic heterocycles. The van der Waals surface area contributed by atoms with Gasteiger partial charge in [-0.1, -0.05) is 30.3 Å². The third-order valence-corrected chi connectivity index (χ3v) is 7.81. The average molecular weight is 568 g/mol. The molecule has 2 aromatic rings. The Labute approximate surface area is 244 Å². The van der Waals surface area contributed by atoms with Crippen LogP contribution in [0, 0.1) is 11.8 Å². The second kappa shape index (κ2) is 15.1. The number of carbonyl (C=O) groups is 2. The van der Waals surface area contributed by atoms with E-state index in [0.29, 0.717) is 43.4 Å². The predicted octanol–water partition coefficient (Wildman–Crippen LogP) is 4.60. The molecular formula is C32H45N3O6. The highest BCUT2D eigenvalue weighted by atomic mass is 16.6. The zero-order valence-electron chi connectivity index (χ0n) is 24.8. The molecule has 2 fully saturated rings. The number of hydrogen-bond donors (Lipinski definition) is 1. The molecule has 0 spiro atoms. The van der Waals surface area contributed by atoms with E-state index >= 15 is 0 Å². The summed E-state index contributed by atoms with van der Waals surface area (Å²) >= 11 is 0. The number of benzene rings is 2. The van der Waals surface area contributed by atoms with E-state index in [4.69, 9.17) is 18.9 Å². The molecule has 0 unspecified atom stereocenters. The van der Waals surface area contributed by atoms with Crippen molar-refractivity contribution >= 4 is 12.0 Å². The largest absolute Gasteiger partial charge is 0.493 e. The van der Waals surface area contributed by atoms with Crippen molar-refractivity contribution in [3.05, 3.63) is 59.7 Å². The zero-order valence-corrected chi connectivity index (χ0v) is 24.8. The van der Waals surface area contributed by atoms with Crippen LogP contribution in [-0.2, 0) is 16.1 Å². The van der Waals surface area contributed by atoms with Crippen molar-refractivity contribution in [2.75, 3.05) is 53.6 Å². The maximum Gasteiger partial charge on any atom is 0.410 e. The lowest BCUT2D eigenvalue weighted by Crippen LogP contribution is -2.45. The number of amides is 2. The summed E-state index contributed by atoms with van der Waals surface area (Å²) in [6.45, 7) is 8.25. The van der Waals surface area contributed by atoms with Crippen molar-refractivity contribution in [2.24, 2.45) is 11.8 Å². The number of methoxy groups -OCH3 is 2. The highest BCUT2D eigenvalue weighted by molar-refractivity contribution is 5.95. The van der Waals surface area contributed by atoms with E-state index < -0.39 is 0 Å². The van der Waals surface area contributed by atoms with Gasteiger partial charge in [-0.3, -0.25) is 4.79 Å². The molecule has 1 saturated carbocycles. The molecule has 2 amide bonds. The van der Waals surface area contributed by atoms with E-state index in [-0.39, 0.29) is 42.5 Å². The fraction of sp³-hybridized carbons (Fsp3) is 0.562. The van der Waals surface area contributed by atoms with E-state index in [2.05, 4.69) is 5.32 Å². The minimum absolute atomic E-state index is 0.00676. The second-order valence-corrected chi connectivity index (χ2v) is 11.2. The molecule has 2 atom stereocenters. The Bertz CT molecular complexity index is 1120. The SMILES string of the molecule is COCCCOc1cc(C(=O)N(C[C@@H]2CNC[C@H]2CN(C(=O)OCc2ccccc2)C2CC2)C(C)C)ccc1OC. The van der Waals surface area contributed by atoms with Crippen LogP contribution in [0.1, 0.15) is 49.0 Å². The Hall–Kier alpha value is -3.30. The van der Waals surface area contributed by atoms with Crippen LogP contribution in [0.15, 0.2) is 48.5 Å². The molecular weight excluding hydrogens is 522 g/mol. The van der Waals surface area contributed by atoms with Gasteiger partial charge in [0.25, 0.3) is 5.91 Å². The lowest BCUT2D eigenvalue weighted by atomic mass is 9.94. The molecule has 9 nitrogen and oxygen atoms in total. The van der Waals surface area contributed by atoms with Crippen LogP contribution in [0.2, 0.25) is 0 Å². The average Bonchev–Trinajstić information content (AvgIpc) is 3.74. The van der Waals surface area contributed by atoms with Gasteiger partial charge < -0.3 is 34.1 Å². The fourth-order valence-electron chi connectivity index (χ4n) is 5.28. The first-order valence-electron chi connectivity index (χ1n) is 14.7. The zero-order chi connectivity index (χ0) is 29.2. The van der Waals surface area contributed by atoms with Crippen LogP contribution >= 0.6 is 0 Å². The van der Waals surface area contributed by atoms with E-state index in [0.717, 1.165) is 37.9 Å². The topological polar surface area (TPSA) is 89.6 Å². The normalized spacial score (nSPS) is 18.3. The molecule has 1 aliphatic heterocycles. The third kappa shape index (κ3) is 8.60. The van der Waals surface area contributed by atoms with Crippen LogP contribution in [0.3, 0.4) is 0 Å². The molecule has 9 heteroatoms. The summed E-state index contributed by atoms with van der Waals surface area (Å²) in [6.07, 6.45) is 2.50. The van der Waals surface area contributed by atoms with Crippen LogP contribution in [0.5, 0.6) is 11.5 Å². The number of rotatable bonds is 15. The van der Waals surface area contributed by atoms with E-state index in [1.165, 1.54) is 0 Å². The minimum atomic E-state index is -0.255. The number of nitrogens with one attached hydrogen (secondary N) is 1. The lowest BCUT2D eigenvalue weighted by Gasteiger charge is -2.33.